The molecule has 0 atom stereocenters. The molecule has 0 unspecified atom stereocenters. The second kappa shape index (κ2) is 4.90. The van der Waals surface area contributed by atoms with Gasteiger partial charge in [0.25, 0.3) is 0 Å². The topological polar surface area (TPSA) is 50.7 Å². The molecular weight excluding hydrogens is 224 g/mol. The number of hydrogen-bond donors (Lipinski definition) is 1. The zero-order chi connectivity index (χ0) is 11.4. The molecule has 82 valence electrons. The van der Waals surface area contributed by atoms with Crippen molar-refractivity contribution in [2.75, 3.05) is 5.32 Å². The van der Waals surface area contributed by atoms with Crippen LogP contribution in [0.3, 0.4) is 0 Å². The molecule has 0 bridgehead atoms. The van der Waals surface area contributed by atoms with Crippen LogP contribution in [0.2, 0.25) is 5.15 Å². The quantitative estimate of drug-likeness (QED) is 0.886. The van der Waals surface area contributed by atoms with Crippen LogP contribution >= 0.6 is 11.6 Å². The first-order valence-electron chi connectivity index (χ1n) is 4.86. The van der Waals surface area contributed by atoms with Crippen LogP contribution < -0.4 is 5.32 Å². The van der Waals surface area contributed by atoms with Gasteiger partial charge < -0.3 is 5.32 Å². The van der Waals surface area contributed by atoms with Crippen LogP contribution in [0.15, 0.2) is 30.9 Å². The summed E-state index contributed by atoms with van der Waals surface area (Å²) in [6.07, 6.45) is 6.75. The SMILES string of the molecule is Cc1cnccc1CNc1cncc(Cl)n1. The van der Waals surface area contributed by atoms with E-state index in [4.69, 9.17) is 11.6 Å². The van der Waals surface area contributed by atoms with E-state index in [9.17, 15) is 0 Å². The van der Waals surface area contributed by atoms with Crippen LogP contribution in [-0.2, 0) is 6.54 Å². The van der Waals surface area contributed by atoms with Crippen molar-refractivity contribution in [1.29, 1.82) is 0 Å². The maximum atomic E-state index is 5.73. The van der Waals surface area contributed by atoms with Crippen LogP contribution in [0.1, 0.15) is 11.1 Å². The summed E-state index contributed by atoms with van der Waals surface area (Å²) in [6, 6.07) is 1.97. The summed E-state index contributed by atoms with van der Waals surface area (Å²) >= 11 is 5.73. The highest BCUT2D eigenvalue weighted by Crippen LogP contribution is 2.10. The molecule has 16 heavy (non-hydrogen) atoms. The lowest BCUT2D eigenvalue weighted by Gasteiger charge is -2.07. The molecule has 0 radical (unpaired) electrons. The van der Waals surface area contributed by atoms with Gasteiger partial charge in [-0.2, -0.15) is 0 Å². The van der Waals surface area contributed by atoms with E-state index in [1.807, 2.05) is 19.2 Å². The number of halogens is 1. The molecule has 2 aromatic rings. The molecule has 2 rings (SSSR count). The van der Waals surface area contributed by atoms with Gasteiger partial charge in [-0.25, -0.2) is 4.98 Å². The number of nitrogens with zero attached hydrogens (tertiary/aromatic N) is 3. The van der Waals surface area contributed by atoms with Gasteiger partial charge in [-0.05, 0) is 24.1 Å². The zero-order valence-corrected chi connectivity index (χ0v) is 9.57. The molecular formula is C11H11ClN4. The smallest absolute Gasteiger partial charge is 0.149 e. The molecule has 2 heterocycles. The van der Waals surface area contributed by atoms with Gasteiger partial charge in [0.1, 0.15) is 11.0 Å². The summed E-state index contributed by atoms with van der Waals surface area (Å²) in [5.41, 5.74) is 2.32. The Balaban J connectivity index is 2.05. The average molecular weight is 235 g/mol. The molecule has 5 heteroatoms. The van der Waals surface area contributed by atoms with Gasteiger partial charge in [0.2, 0.25) is 0 Å². The van der Waals surface area contributed by atoms with E-state index >= 15 is 0 Å². The summed E-state index contributed by atoms with van der Waals surface area (Å²) in [4.78, 5) is 12.1. The van der Waals surface area contributed by atoms with E-state index in [0.29, 0.717) is 17.5 Å². The minimum Gasteiger partial charge on any atom is -0.365 e. The van der Waals surface area contributed by atoms with E-state index < -0.39 is 0 Å². The van der Waals surface area contributed by atoms with Crippen molar-refractivity contribution in [3.05, 3.63) is 47.1 Å². The van der Waals surface area contributed by atoms with E-state index in [2.05, 4.69) is 20.3 Å². The van der Waals surface area contributed by atoms with E-state index in [-0.39, 0.29) is 0 Å². The summed E-state index contributed by atoms with van der Waals surface area (Å²) in [7, 11) is 0. The fourth-order valence-electron chi connectivity index (χ4n) is 1.31. The number of anilines is 1. The predicted octanol–water partition coefficient (Wildman–Crippen LogP) is 2.45. The van der Waals surface area contributed by atoms with Crippen LogP contribution in [0.25, 0.3) is 0 Å². The highest BCUT2D eigenvalue weighted by Gasteiger charge is 1.99. The molecule has 2 aromatic heterocycles. The minimum atomic E-state index is 0.386. The lowest BCUT2D eigenvalue weighted by Crippen LogP contribution is -2.03. The Morgan fingerprint density at radius 1 is 1.25 bits per heavy atom. The maximum absolute atomic E-state index is 5.73. The third-order valence-corrected chi connectivity index (χ3v) is 2.38. The average Bonchev–Trinajstić information content (AvgIpc) is 2.28. The third kappa shape index (κ3) is 2.67. The molecule has 1 N–H and O–H groups in total. The van der Waals surface area contributed by atoms with Gasteiger partial charge in [0.05, 0.1) is 12.4 Å². The van der Waals surface area contributed by atoms with Gasteiger partial charge in [0, 0.05) is 18.9 Å². The Morgan fingerprint density at radius 3 is 2.88 bits per heavy atom. The third-order valence-electron chi connectivity index (χ3n) is 2.20. The molecule has 0 spiro atoms. The highest BCUT2D eigenvalue weighted by atomic mass is 35.5. The maximum Gasteiger partial charge on any atom is 0.149 e. The monoisotopic (exact) mass is 234 g/mol. The molecule has 0 aliphatic carbocycles. The number of pyridine rings is 1. The lowest BCUT2D eigenvalue weighted by molar-refractivity contribution is 1.06. The molecule has 0 saturated carbocycles. The van der Waals surface area contributed by atoms with Crippen molar-refractivity contribution in [2.24, 2.45) is 0 Å². The van der Waals surface area contributed by atoms with Crippen molar-refractivity contribution in [3.63, 3.8) is 0 Å². The number of aryl methyl sites for hydroxylation is 1. The van der Waals surface area contributed by atoms with Crippen molar-refractivity contribution >= 4 is 17.4 Å². The van der Waals surface area contributed by atoms with Crippen LogP contribution in [0, 0.1) is 6.92 Å². The van der Waals surface area contributed by atoms with Gasteiger partial charge >= 0.3 is 0 Å². The van der Waals surface area contributed by atoms with Crippen LogP contribution in [0.5, 0.6) is 0 Å². The summed E-state index contributed by atoms with van der Waals surface area (Å²) in [6.45, 7) is 2.71. The summed E-state index contributed by atoms with van der Waals surface area (Å²) < 4.78 is 0. The zero-order valence-electron chi connectivity index (χ0n) is 8.81. The number of rotatable bonds is 3. The first-order chi connectivity index (χ1) is 7.75. The second-order valence-electron chi connectivity index (χ2n) is 3.38. The number of aromatic nitrogens is 3. The molecule has 0 saturated heterocycles. The highest BCUT2D eigenvalue weighted by molar-refractivity contribution is 6.29. The molecule has 0 fully saturated rings. The minimum absolute atomic E-state index is 0.386. The fourth-order valence-corrected chi connectivity index (χ4v) is 1.46. The van der Waals surface area contributed by atoms with Crippen LogP contribution in [-0.4, -0.2) is 15.0 Å². The van der Waals surface area contributed by atoms with Gasteiger partial charge in [-0.1, -0.05) is 11.6 Å². The van der Waals surface area contributed by atoms with E-state index in [1.54, 1.807) is 12.4 Å². The molecule has 0 aromatic carbocycles. The standard InChI is InChI=1S/C11H11ClN4/c1-8-4-13-3-2-9(8)5-15-11-7-14-6-10(12)16-11/h2-4,6-7H,5H2,1H3,(H,15,16). The molecule has 0 amide bonds. The van der Waals surface area contributed by atoms with Gasteiger partial charge in [-0.15, -0.1) is 0 Å². The Morgan fingerprint density at radius 2 is 2.12 bits per heavy atom. The van der Waals surface area contributed by atoms with Crippen molar-refractivity contribution in [2.45, 2.75) is 13.5 Å². The van der Waals surface area contributed by atoms with Crippen molar-refractivity contribution in [1.82, 2.24) is 15.0 Å². The summed E-state index contributed by atoms with van der Waals surface area (Å²) in [5.74, 6) is 0.670. The van der Waals surface area contributed by atoms with Crippen LogP contribution in [0.4, 0.5) is 5.82 Å². The van der Waals surface area contributed by atoms with E-state index in [1.165, 1.54) is 11.8 Å². The normalized spacial score (nSPS) is 10.1. The molecule has 0 aliphatic rings. The first kappa shape index (κ1) is 10.8. The van der Waals surface area contributed by atoms with Gasteiger partial charge in [-0.3, -0.25) is 9.97 Å². The van der Waals surface area contributed by atoms with Gasteiger partial charge in [0.15, 0.2) is 0 Å². The predicted molar refractivity (Wildman–Crippen MR) is 63.3 cm³/mol. The Labute approximate surface area is 98.7 Å². The largest absolute Gasteiger partial charge is 0.365 e. The van der Waals surface area contributed by atoms with Crippen molar-refractivity contribution in [3.8, 4) is 0 Å². The second-order valence-corrected chi connectivity index (χ2v) is 3.77. The Bertz CT molecular complexity index is 487. The number of nitrogens with one attached hydrogen (secondary N) is 1. The molecule has 0 aliphatic heterocycles. The first-order valence-corrected chi connectivity index (χ1v) is 5.24. The van der Waals surface area contributed by atoms with Crippen molar-refractivity contribution < 1.29 is 0 Å². The number of hydrogen-bond acceptors (Lipinski definition) is 4. The molecule has 4 nitrogen and oxygen atoms in total. The Hall–Kier alpha value is -1.68. The fraction of sp³-hybridized carbons (Fsp3) is 0.182. The lowest BCUT2D eigenvalue weighted by atomic mass is 10.1. The summed E-state index contributed by atoms with van der Waals surface area (Å²) in [5, 5.41) is 3.54. The Kier molecular flexibility index (Phi) is 3.31. The van der Waals surface area contributed by atoms with E-state index in [0.717, 1.165) is 5.56 Å².